The second kappa shape index (κ2) is 19.1. The minimum Gasteiger partial charge on any atom is -0.494 e. The second-order valence-corrected chi connectivity index (χ2v) is 20.9. The molecule has 63 heavy (non-hydrogen) atoms. The highest BCUT2D eigenvalue weighted by molar-refractivity contribution is 5.26. The van der Waals surface area contributed by atoms with E-state index in [0.717, 1.165) is 70.0 Å². The maximum Gasteiger partial charge on any atom is 0.187 e. The van der Waals surface area contributed by atoms with Gasteiger partial charge in [-0.15, -0.1) is 0 Å². The van der Waals surface area contributed by atoms with Gasteiger partial charge in [0.25, 0.3) is 0 Å². The summed E-state index contributed by atoms with van der Waals surface area (Å²) in [4.78, 5) is 0. The van der Waals surface area contributed by atoms with Crippen molar-refractivity contribution in [2.45, 2.75) is 196 Å². The van der Waals surface area contributed by atoms with E-state index in [0.29, 0.717) is 29.6 Å². The molecule has 25 atom stereocenters. The zero-order valence-corrected chi connectivity index (χ0v) is 37.0. The van der Waals surface area contributed by atoms with Crippen LogP contribution in [0.3, 0.4) is 0 Å². The first kappa shape index (κ1) is 48.3. The largest absolute Gasteiger partial charge is 0.494 e. The van der Waals surface area contributed by atoms with Crippen molar-refractivity contribution >= 4 is 0 Å². The number of allylic oxidation sites excluding steroid dienone is 1. The number of aliphatic hydroxyl groups is 11. The summed E-state index contributed by atoms with van der Waals surface area (Å²) in [5.74, 6) is 3.56. The number of rotatable bonds is 13. The second-order valence-electron chi connectivity index (χ2n) is 20.9. The van der Waals surface area contributed by atoms with Crippen LogP contribution in [-0.4, -0.2) is 187 Å². The van der Waals surface area contributed by atoms with E-state index in [1.54, 1.807) is 0 Å². The Labute approximate surface area is 369 Å². The van der Waals surface area contributed by atoms with Gasteiger partial charge >= 0.3 is 0 Å². The Kier molecular flexibility index (Phi) is 14.6. The van der Waals surface area contributed by atoms with Crippen molar-refractivity contribution in [3.8, 4) is 0 Å². The summed E-state index contributed by atoms with van der Waals surface area (Å²) >= 11 is 0. The summed E-state index contributed by atoms with van der Waals surface area (Å²) < 4.78 is 42.2. The molecule has 8 aliphatic rings. The molecule has 0 bridgehead atoms. The van der Waals surface area contributed by atoms with E-state index in [1.165, 1.54) is 5.57 Å². The van der Waals surface area contributed by atoms with Crippen molar-refractivity contribution in [1.29, 1.82) is 0 Å². The van der Waals surface area contributed by atoms with Crippen LogP contribution < -0.4 is 0 Å². The molecule has 18 heteroatoms. The third-order valence-electron chi connectivity index (χ3n) is 17.4. The molecule has 0 amide bonds. The van der Waals surface area contributed by atoms with Gasteiger partial charge in [-0.2, -0.15) is 0 Å². The quantitative estimate of drug-likeness (QED) is 0.101. The van der Waals surface area contributed by atoms with Crippen LogP contribution in [0.2, 0.25) is 0 Å². The van der Waals surface area contributed by atoms with E-state index in [4.69, 9.17) is 33.2 Å². The summed E-state index contributed by atoms with van der Waals surface area (Å²) in [5, 5.41) is 113. The number of hydrogen-bond acceptors (Lipinski definition) is 18. The summed E-state index contributed by atoms with van der Waals surface area (Å²) in [6.07, 6.45) is -12.1. The maximum atomic E-state index is 11.2. The van der Waals surface area contributed by atoms with Crippen molar-refractivity contribution < 1.29 is 89.3 Å². The van der Waals surface area contributed by atoms with Gasteiger partial charge in [-0.1, -0.05) is 20.8 Å². The lowest BCUT2D eigenvalue weighted by molar-refractivity contribution is -0.373. The van der Waals surface area contributed by atoms with Crippen molar-refractivity contribution in [2.75, 3.05) is 26.4 Å². The Morgan fingerprint density at radius 3 is 1.87 bits per heavy atom. The van der Waals surface area contributed by atoms with Gasteiger partial charge in [0.15, 0.2) is 18.9 Å². The molecule has 4 aliphatic heterocycles. The highest BCUT2D eigenvalue weighted by atomic mass is 16.8. The molecule has 18 nitrogen and oxygen atoms in total. The maximum absolute atomic E-state index is 11.2. The van der Waals surface area contributed by atoms with E-state index in [9.17, 15) is 56.2 Å². The number of hydrogen-bond donors (Lipinski definition) is 11. The van der Waals surface area contributed by atoms with Crippen LogP contribution in [0.1, 0.15) is 91.9 Å². The van der Waals surface area contributed by atoms with Crippen LogP contribution >= 0.6 is 0 Å². The fourth-order valence-corrected chi connectivity index (χ4v) is 13.7. The zero-order chi connectivity index (χ0) is 45.3. The molecule has 0 aromatic heterocycles. The van der Waals surface area contributed by atoms with E-state index >= 15 is 0 Å². The van der Waals surface area contributed by atoms with Crippen LogP contribution in [0, 0.1) is 46.3 Å². The lowest BCUT2D eigenvalue weighted by atomic mass is 9.44. The standard InChI is InChI=1S/C45H74O18/c1-19(18-57-41-38(55)35(52)32(49)28(15-46)60-41)5-8-26-20(2)31-27(59-26)14-25-23-7-6-21-13-22(9-11-44(21,3)24(23)10-12-45(25,31)4)58-43-40(37(54)34(51)30(17-48)62-43)63-42-39(56)36(53)33(50)29(16-47)61-42/h19,21-25,27-43,46-56H,5-18H2,1-4H3/t19?,21-,22+,23?,24?,25?,27?,28-,29-,30-,31?,32-,33-,34+,35+,36+,37+,38-,39-,40-,41?,42+,43-,44+,45+/m1/s1. The van der Waals surface area contributed by atoms with E-state index in [2.05, 4.69) is 27.7 Å². The minimum atomic E-state index is -1.74. The van der Waals surface area contributed by atoms with Crippen LogP contribution in [0.4, 0.5) is 0 Å². The predicted octanol–water partition coefficient (Wildman–Crippen LogP) is -0.830. The highest BCUT2D eigenvalue weighted by Gasteiger charge is 2.65. The fourth-order valence-electron chi connectivity index (χ4n) is 13.7. The van der Waals surface area contributed by atoms with Crippen LogP contribution in [-0.2, 0) is 33.2 Å². The van der Waals surface area contributed by atoms with Crippen molar-refractivity contribution in [1.82, 2.24) is 0 Å². The lowest BCUT2D eigenvalue weighted by Gasteiger charge is -2.61. The molecule has 0 aromatic carbocycles. The lowest BCUT2D eigenvalue weighted by Crippen LogP contribution is -2.65. The molecule has 4 aliphatic carbocycles. The molecule has 11 N–H and O–H groups in total. The summed E-state index contributed by atoms with van der Waals surface area (Å²) in [6.45, 7) is 7.74. The third-order valence-corrected chi connectivity index (χ3v) is 17.4. The summed E-state index contributed by atoms with van der Waals surface area (Å²) in [7, 11) is 0. The van der Waals surface area contributed by atoms with Gasteiger partial charge in [0.2, 0.25) is 0 Å². The van der Waals surface area contributed by atoms with Crippen LogP contribution in [0.25, 0.3) is 0 Å². The Morgan fingerprint density at radius 2 is 1.22 bits per heavy atom. The van der Waals surface area contributed by atoms with Crippen molar-refractivity contribution in [3.05, 3.63) is 11.3 Å². The molecule has 8 rings (SSSR count). The Morgan fingerprint density at radius 1 is 0.635 bits per heavy atom. The summed E-state index contributed by atoms with van der Waals surface area (Å²) in [5.41, 5.74) is 1.57. The molecule has 0 spiro atoms. The molecule has 0 aromatic rings. The monoisotopic (exact) mass is 902 g/mol. The summed E-state index contributed by atoms with van der Waals surface area (Å²) in [6, 6.07) is 0. The first-order valence-electron chi connectivity index (χ1n) is 23.5. The molecule has 7 unspecified atom stereocenters. The molecule has 362 valence electrons. The average Bonchev–Trinajstić information content (AvgIpc) is 3.76. The molecular weight excluding hydrogens is 828 g/mol. The molecule has 3 saturated heterocycles. The van der Waals surface area contributed by atoms with Crippen molar-refractivity contribution in [2.24, 2.45) is 46.3 Å². The number of aliphatic hydroxyl groups excluding tert-OH is 11. The molecule has 7 fully saturated rings. The Balaban J connectivity index is 0.872. The Bertz CT molecular complexity index is 1580. The number of fused-ring (bicyclic) bond motifs is 7. The van der Waals surface area contributed by atoms with E-state index < -0.39 is 112 Å². The van der Waals surface area contributed by atoms with Gasteiger partial charge in [0, 0.05) is 12.3 Å². The van der Waals surface area contributed by atoms with Crippen LogP contribution in [0.15, 0.2) is 11.3 Å². The normalized spacial score (nSPS) is 52.7. The Hall–Kier alpha value is -1.14. The van der Waals surface area contributed by atoms with Gasteiger partial charge in [0.1, 0.15) is 79.4 Å². The highest BCUT2D eigenvalue weighted by Crippen LogP contribution is 2.70. The molecular formula is C45H74O18. The smallest absolute Gasteiger partial charge is 0.187 e. The van der Waals surface area contributed by atoms with Gasteiger partial charge < -0.3 is 89.3 Å². The topological polar surface area (TPSA) is 287 Å². The van der Waals surface area contributed by atoms with Gasteiger partial charge in [0.05, 0.1) is 38.3 Å². The van der Waals surface area contributed by atoms with E-state index in [1.807, 2.05) is 0 Å². The van der Waals surface area contributed by atoms with Crippen LogP contribution in [0.5, 0.6) is 0 Å². The number of ether oxygens (including phenoxy) is 7. The minimum absolute atomic E-state index is 0.0928. The molecule has 4 saturated carbocycles. The first-order valence-corrected chi connectivity index (χ1v) is 23.5. The van der Waals surface area contributed by atoms with Gasteiger partial charge in [-0.3, -0.25) is 0 Å². The average molecular weight is 903 g/mol. The van der Waals surface area contributed by atoms with Gasteiger partial charge in [-0.25, -0.2) is 0 Å². The fraction of sp³-hybridized carbons (Fsp3) is 0.956. The van der Waals surface area contributed by atoms with E-state index in [-0.39, 0.29) is 35.6 Å². The molecule has 0 radical (unpaired) electrons. The zero-order valence-electron chi connectivity index (χ0n) is 37.0. The van der Waals surface area contributed by atoms with Gasteiger partial charge in [-0.05, 0) is 111 Å². The third kappa shape index (κ3) is 8.68. The molecule has 4 heterocycles. The van der Waals surface area contributed by atoms with Crippen molar-refractivity contribution in [3.63, 3.8) is 0 Å². The predicted molar refractivity (Wildman–Crippen MR) is 218 cm³/mol. The SMILES string of the molecule is CC1=C(CCC(C)COC2O[C@H](CO)[C@@H](O)[C@H](O)[C@H]2O)OC2CC3C4CC[C@@H]5C[C@@H](O[C@@H]6O[C@H](CO)[C@H](O)[C@H](O)[C@H]6O[C@@H]6O[C@H](CO)[C@@H](O)[C@H](O)[C@H]6O)CC[C@]5(C)C4CC[C@]3(C)C12. The first-order chi connectivity index (χ1) is 29.9.